The van der Waals surface area contributed by atoms with Gasteiger partial charge in [0.1, 0.15) is 6.26 Å². The van der Waals surface area contributed by atoms with Crippen molar-refractivity contribution in [3.05, 3.63) is 48.2 Å². The van der Waals surface area contributed by atoms with Gasteiger partial charge >= 0.3 is 0 Å². The molecule has 2 saturated heterocycles. The van der Waals surface area contributed by atoms with E-state index in [1.54, 1.807) is 0 Å². The molecule has 0 radical (unpaired) electrons. The highest BCUT2D eigenvalue weighted by molar-refractivity contribution is 5.91. The molecule has 5 nitrogen and oxygen atoms in total. The predicted octanol–water partition coefficient (Wildman–Crippen LogP) is 4.93. The van der Waals surface area contributed by atoms with Crippen molar-refractivity contribution in [1.82, 2.24) is 9.88 Å². The Morgan fingerprint density at radius 2 is 1.79 bits per heavy atom. The van der Waals surface area contributed by atoms with Gasteiger partial charge in [0.2, 0.25) is 5.78 Å². The maximum Gasteiger partial charge on any atom is 0.263 e. The van der Waals surface area contributed by atoms with Crippen LogP contribution in [0.3, 0.4) is 0 Å². The first-order valence-electron chi connectivity index (χ1n) is 11.3. The first kappa shape index (κ1) is 20.1. The maximum absolute atomic E-state index is 12.0. The van der Waals surface area contributed by atoms with Crippen molar-refractivity contribution in [3.63, 3.8) is 0 Å². The van der Waals surface area contributed by atoms with Gasteiger partial charge in [0.15, 0.2) is 0 Å². The van der Waals surface area contributed by atoms with E-state index in [-0.39, 0.29) is 11.7 Å². The SMILES string of the molecule is O=C(CCCC1CCN(Cc2ccc(N3CCCCC3)cc2)CC1)c1ncco1. The second-order valence-electron chi connectivity index (χ2n) is 8.59. The fourth-order valence-electron chi connectivity index (χ4n) is 4.68. The molecule has 0 amide bonds. The molecule has 2 fully saturated rings. The van der Waals surface area contributed by atoms with Crippen LogP contribution in [-0.4, -0.2) is 41.8 Å². The standard InChI is InChI=1S/C24H33N3O2/c28-23(24-25-13-18-29-24)6-4-5-20-11-16-26(17-12-20)19-21-7-9-22(10-8-21)27-14-2-1-3-15-27/h7-10,13,18,20H,1-6,11-12,14-17,19H2. The van der Waals surface area contributed by atoms with Crippen molar-refractivity contribution in [2.75, 3.05) is 31.1 Å². The van der Waals surface area contributed by atoms with Crippen molar-refractivity contribution < 1.29 is 9.21 Å². The van der Waals surface area contributed by atoms with Gasteiger partial charge in [-0.25, -0.2) is 4.98 Å². The van der Waals surface area contributed by atoms with E-state index in [1.807, 2.05) is 0 Å². The number of benzene rings is 1. The predicted molar refractivity (Wildman–Crippen MR) is 115 cm³/mol. The van der Waals surface area contributed by atoms with Crippen LogP contribution in [0.5, 0.6) is 0 Å². The molecule has 1 aromatic heterocycles. The van der Waals surface area contributed by atoms with E-state index >= 15 is 0 Å². The van der Waals surface area contributed by atoms with Gasteiger partial charge in [0.25, 0.3) is 5.89 Å². The van der Waals surface area contributed by atoms with Gasteiger partial charge in [-0.3, -0.25) is 9.69 Å². The zero-order valence-corrected chi connectivity index (χ0v) is 17.4. The molecule has 0 bridgehead atoms. The molecule has 2 aliphatic rings. The Hall–Kier alpha value is -2.14. The maximum atomic E-state index is 12.0. The number of Topliss-reactive ketones (excluding diaryl/α,β-unsaturated/α-hetero) is 1. The molecule has 3 heterocycles. The summed E-state index contributed by atoms with van der Waals surface area (Å²) in [5.41, 5.74) is 2.80. The lowest BCUT2D eigenvalue weighted by Gasteiger charge is -2.32. The third-order valence-electron chi connectivity index (χ3n) is 6.46. The van der Waals surface area contributed by atoms with E-state index in [9.17, 15) is 4.79 Å². The molecule has 0 atom stereocenters. The van der Waals surface area contributed by atoms with Crippen LogP contribution in [0.2, 0.25) is 0 Å². The minimum Gasteiger partial charge on any atom is -0.442 e. The number of ketones is 1. The van der Waals surface area contributed by atoms with Crippen LogP contribution in [0.25, 0.3) is 0 Å². The second kappa shape index (κ2) is 10.1. The van der Waals surface area contributed by atoms with E-state index in [1.165, 1.54) is 68.9 Å². The van der Waals surface area contributed by atoms with Crippen molar-refractivity contribution in [1.29, 1.82) is 0 Å². The summed E-state index contributed by atoms with van der Waals surface area (Å²) in [4.78, 5) is 21.0. The second-order valence-corrected chi connectivity index (χ2v) is 8.59. The van der Waals surface area contributed by atoms with Crippen molar-refractivity contribution in [3.8, 4) is 0 Å². The normalized spacial score (nSPS) is 18.8. The topological polar surface area (TPSA) is 49.6 Å². The van der Waals surface area contributed by atoms with Crippen molar-refractivity contribution >= 4 is 11.5 Å². The summed E-state index contributed by atoms with van der Waals surface area (Å²) in [7, 11) is 0. The minimum atomic E-state index is 0.0282. The smallest absolute Gasteiger partial charge is 0.263 e. The van der Waals surface area contributed by atoms with E-state index < -0.39 is 0 Å². The number of likely N-dealkylation sites (tertiary alicyclic amines) is 1. The van der Waals surface area contributed by atoms with Crippen molar-refractivity contribution in [2.45, 2.75) is 57.9 Å². The number of hydrogen-bond acceptors (Lipinski definition) is 5. The fraction of sp³-hybridized carbons (Fsp3) is 0.583. The Morgan fingerprint density at radius 3 is 2.48 bits per heavy atom. The summed E-state index contributed by atoms with van der Waals surface area (Å²) < 4.78 is 5.08. The molecular formula is C24H33N3O2. The van der Waals surface area contributed by atoms with E-state index in [0.717, 1.165) is 38.4 Å². The highest BCUT2D eigenvalue weighted by atomic mass is 16.3. The molecular weight excluding hydrogens is 362 g/mol. The number of oxazole rings is 1. The van der Waals surface area contributed by atoms with E-state index in [2.05, 4.69) is 39.0 Å². The lowest BCUT2D eigenvalue weighted by Crippen LogP contribution is -2.33. The molecule has 0 unspecified atom stereocenters. The fourth-order valence-corrected chi connectivity index (χ4v) is 4.68. The Bertz CT molecular complexity index is 743. The molecule has 4 rings (SSSR count). The van der Waals surface area contributed by atoms with Gasteiger partial charge < -0.3 is 9.32 Å². The van der Waals surface area contributed by atoms with Gasteiger partial charge in [0.05, 0.1) is 6.20 Å². The van der Waals surface area contributed by atoms with Crippen LogP contribution >= 0.6 is 0 Å². The van der Waals surface area contributed by atoms with Crippen LogP contribution in [0.4, 0.5) is 5.69 Å². The molecule has 0 N–H and O–H groups in total. The zero-order chi connectivity index (χ0) is 19.9. The van der Waals surface area contributed by atoms with Crippen LogP contribution < -0.4 is 4.90 Å². The summed E-state index contributed by atoms with van der Waals surface area (Å²) in [6.07, 6.45) is 12.1. The number of piperidine rings is 2. The molecule has 156 valence electrons. The molecule has 5 heteroatoms. The average molecular weight is 396 g/mol. The summed E-state index contributed by atoms with van der Waals surface area (Å²) in [6, 6.07) is 9.23. The summed E-state index contributed by atoms with van der Waals surface area (Å²) in [5.74, 6) is 1.02. The third-order valence-corrected chi connectivity index (χ3v) is 6.46. The molecule has 1 aromatic carbocycles. The zero-order valence-electron chi connectivity index (χ0n) is 17.4. The molecule has 29 heavy (non-hydrogen) atoms. The first-order chi connectivity index (χ1) is 14.3. The van der Waals surface area contributed by atoms with Gasteiger partial charge in [-0.1, -0.05) is 12.1 Å². The minimum absolute atomic E-state index is 0.0282. The Morgan fingerprint density at radius 1 is 1.03 bits per heavy atom. The molecule has 2 aromatic rings. The number of carbonyl (C=O) groups excluding carboxylic acids is 1. The molecule has 0 saturated carbocycles. The lowest BCUT2D eigenvalue weighted by molar-refractivity contribution is 0.0940. The number of hydrogen-bond donors (Lipinski definition) is 0. The van der Waals surface area contributed by atoms with Crippen molar-refractivity contribution in [2.24, 2.45) is 5.92 Å². The largest absolute Gasteiger partial charge is 0.442 e. The number of aromatic nitrogens is 1. The quantitative estimate of drug-likeness (QED) is 0.593. The average Bonchev–Trinajstić information content (AvgIpc) is 3.31. The van der Waals surface area contributed by atoms with Gasteiger partial charge in [0, 0.05) is 31.7 Å². The Kier molecular flexibility index (Phi) is 6.99. The summed E-state index contributed by atoms with van der Waals surface area (Å²) in [6.45, 7) is 5.78. The van der Waals surface area contributed by atoms with Crippen LogP contribution in [0.15, 0.2) is 41.1 Å². The number of nitrogens with zero attached hydrogens (tertiary/aromatic N) is 3. The molecule has 2 aliphatic heterocycles. The first-order valence-corrected chi connectivity index (χ1v) is 11.3. The number of rotatable bonds is 8. The Balaban J connectivity index is 1.15. The van der Waals surface area contributed by atoms with Crippen LogP contribution in [0.1, 0.15) is 67.6 Å². The number of carbonyl (C=O) groups is 1. The van der Waals surface area contributed by atoms with E-state index in [0.29, 0.717) is 6.42 Å². The monoisotopic (exact) mass is 395 g/mol. The summed E-state index contributed by atoms with van der Waals surface area (Å²) in [5, 5.41) is 0. The van der Waals surface area contributed by atoms with E-state index in [4.69, 9.17) is 4.42 Å². The lowest BCUT2D eigenvalue weighted by atomic mass is 9.91. The van der Waals surface area contributed by atoms with Gasteiger partial charge in [-0.15, -0.1) is 0 Å². The summed E-state index contributed by atoms with van der Waals surface area (Å²) >= 11 is 0. The molecule has 0 spiro atoms. The Labute approximate surface area is 174 Å². The molecule has 0 aliphatic carbocycles. The highest BCUT2D eigenvalue weighted by Crippen LogP contribution is 2.25. The van der Waals surface area contributed by atoms with Crippen LogP contribution in [-0.2, 0) is 6.54 Å². The third kappa shape index (κ3) is 5.69. The van der Waals surface area contributed by atoms with Crippen LogP contribution in [0, 0.1) is 5.92 Å². The highest BCUT2D eigenvalue weighted by Gasteiger charge is 2.20. The number of anilines is 1. The van der Waals surface area contributed by atoms with Gasteiger partial charge in [-0.05, 0) is 81.6 Å². The van der Waals surface area contributed by atoms with Gasteiger partial charge in [-0.2, -0.15) is 0 Å².